The number of fused-ring (bicyclic) bond motifs is 1. The fourth-order valence-electron chi connectivity index (χ4n) is 2.16. The van der Waals surface area contributed by atoms with Gasteiger partial charge in [-0.3, -0.25) is 9.20 Å². The second kappa shape index (κ2) is 5.05. The van der Waals surface area contributed by atoms with Crippen LogP contribution >= 0.6 is 11.3 Å². The molecule has 0 spiro atoms. The van der Waals surface area contributed by atoms with Crippen molar-refractivity contribution in [3.05, 3.63) is 46.2 Å². The van der Waals surface area contributed by atoms with Gasteiger partial charge < -0.3 is 4.90 Å². The Hall–Kier alpha value is -2.21. The van der Waals surface area contributed by atoms with Gasteiger partial charge in [-0.05, 0) is 19.1 Å². The smallest absolute Gasteiger partial charge is 0.170 e. The minimum Gasteiger partial charge on any atom is -0.353 e. The van der Waals surface area contributed by atoms with Gasteiger partial charge in [0.1, 0.15) is 11.3 Å². The van der Waals surface area contributed by atoms with Crippen LogP contribution in [-0.4, -0.2) is 27.7 Å². The number of nitrogens with zero attached hydrogens (tertiary/aromatic N) is 4. The highest BCUT2D eigenvalue weighted by molar-refractivity contribution is 7.09. The lowest BCUT2D eigenvalue weighted by Crippen LogP contribution is -2.18. The van der Waals surface area contributed by atoms with Crippen molar-refractivity contribution < 1.29 is 4.79 Å². The Morgan fingerprint density at radius 1 is 1.45 bits per heavy atom. The van der Waals surface area contributed by atoms with Crippen LogP contribution in [0.1, 0.15) is 21.1 Å². The van der Waals surface area contributed by atoms with E-state index in [1.165, 1.54) is 4.88 Å². The topological polar surface area (TPSA) is 50.5 Å². The van der Waals surface area contributed by atoms with Gasteiger partial charge >= 0.3 is 0 Å². The van der Waals surface area contributed by atoms with Crippen molar-refractivity contribution in [2.45, 2.75) is 13.5 Å². The molecule has 3 aromatic rings. The van der Waals surface area contributed by atoms with Gasteiger partial charge in [0.25, 0.3) is 0 Å². The Morgan fingerprint density at radius 3 is 3.00 bits per heavy atom. The van der Waals surface area contributed by atoms with E-state index in [-0.39, 0.29) is 0 Å². The fourth-order valence-corrected chi connectivity index (χ4v) is 2.99. The molecule has 0 saturated carbocycles. The molecule has 0 bridgehead atoms. The Kier molecular flexibility index (Phi) is 3.23. The molecule has 0 unspecified atom stereocenters. The number of carbonyl (C=O) groups is 1. The molecule has 3 heterocycles. The standard InChI is InChI=1S/C14H14N4OS/c1-10-12(20-9-15-10)7-17(2)14-11(8-19)18-6-4-3-5-13(18)16-14/h3-6,8-9H,7H2,1-2H3. The lowest BCUT2D eigenvalue weighted by Gasteiger charge is -2.16. The van der Waals surface area contributed by atoms with E-state index in [1.54, 1.807) is 15.7 Å². The van der Waals surface area contributed by atoms with Crippen molar-refractivity contribution in [2.75, 3.05) is 11.9 Å². The van der Waals surface area contributed by atoms with E-state index in [0.29, 0.717) is 18.1 Å². The lowest BCUT2D eigenvalue weighted by molar-refractivity contribution is 0.111. The molecular formula is C14H14N4OS. The van der Waals surface area contributed by atoms with Gasteiger partial charge in [0.05, 0.1) is 17.7 Å². The normalized spacial score (nSPS) is 10.9. The number of anilines is 1. The van der Waals surface area contributed by atoms with Crippen LogP contribution < -0.4 is 4.90 Å². The average molecular weight is 286 g/mol. The van der Waals surface area contributed by atoms with Crippen LogP contribution in [-0.2, 0) is 6.54 Å². The summed E-state index contributed by atoms with van der Waals surface area (Å²) in [5.74, 6) is 0.694. The van der Waals surface area contributed by atoms with Crippen molar-refractivity contribution in [1.82, 2.24) is 14.4 Å². The molecule has 0 aliphatic heterocycles. The van der Waals surface area contributed by atoms with Gasteiger partial charge in [0.2, 0.25) is 0 Å². The third-order valence-electron chi connectivity index (χ3n) is 3.25. The first-order valence-corrected chi connectivity index (χ1v) is 7.11. The molecule has 3 aromatic heterocycles. The SMILES string of the molecule is Cc1ncsc1CN(C)c1nc2ccccn2c1C=O. The largest absolute Gasteiger partial charge is 0.353 e. The Morgan fingerprint density at radius 2 is 2.30 bits per heavy atom. The molecule has 3 rings (SSSR count). The zero-order valence-electron chi connectivity index (χ0n) is 11.3. The van der Waals surface area contributed by atoms with Crippen LogP contribution in [0.2, 0.25) is 0 Å². The highest BCUT2D eigenvalue weighted by Gasteiger charge is 2.16. The van der Waals surface area contributed by atoms with Crippen molar-refractivity contribution in [3.8, 4) is 0 Å². The molecule has 0 saturated heterocycles. The van der Waals surface area contributed by atoms with E-state index in [0.717, 1.165) is 17.6 Å². The van der Waals surface area contributed by atoms with Crippen molar-refractivity contribution in [1.29, 1.82) is 0 Å². The van der Waals surface area contributed by atoms with E-state index in [9.17, 15) is 4.79 Å². The first kappa shape index (κ1) is 12.8. The summed E-state index contributed by atoms with van der Waals surface area (Å²) >= 11 is 1.62. The molecule has 0 aromatic carbocycles. The second-order valence-corrected chi connectivity index (χ2v) is 5.52. The third kappa shape index (κ3) is 2.08. The first-order chi connectivity index (χ1) is 9.70. The van der Waals surface area contributed by atoms with Crippen molar-refractivity contribution in [3.63, 3.8) is 0 Å². The molecule has 0 radical (unpaired) electrons. The van der Waals surface area contributed by atoms with Crippen LogP contribution in [0.3, 0.4) is 0 Å². The van der Waals surface area contributed by atoms with E-state index in [2.05, 4.69) is 9.97 Å². The molecule has 0 fully saturated rings. The summed E-state index contributed by atoms with van der Waals surface area (Å²) in [6, 6.07) is 5.69. The summed E-state index contributed by atoms with van der Waals surface area (Å²) in [6.07, 6.45) is 2.70. The molecule has 0 amide bonds. The minimum absolute atomic E-state index is 0.574. The number of aryl methyl sites for hydroxylation is 1. The quantitative estimate of drug-likeness (QED) is 0.692. The number of aldehydes is 1. The van der Waals surface area contributed by atoms with Crippen molar-refractivity contribution >= 4 is 29.1 Å². The summed E-state index contributed by atoms with van der Waals surface area (Å²) in [7, 11) is 1.94. The Labute approximate surface area is 120 Å². The van der Waals surface area contributed by atoms with Crippen LogP contribution in [0.4, 0.5) is 5.82 Å². The molecule has 102 valence electrons. The van der Waals surface area contributed by atoms with Crippen LogP contribution in [0, 0.1) is 6.92 Å². The number of hydrogen-bond acceptors (Lipinski definition) is 5. The second-order valence-electron chi connectivity index (χ2n) is 4.58. The van der Waals surface area contributed by atoms with E-state index >= 15 is 0 Å². The molecule has 0 atom stereocenters. The minimum atomic E-state index is 0.574. The molecular weight excluding hydrogens is 272 g/mol. The number of thiazole rings is 1. The number of hydrogen-bond donors (Lipinski definition) is 0. The predicted octanol–water partition coefficient (Wildman–Crippen LogP) is 2.55. The monoisotopic (exact) mass is 286 g/mol. The Bertz CT molecular complexity index is 761. The summed E-state index contributed by atoms with van der Waals surface area (Å²) in [5, 5.41) is 0. The number of rotatable bonds is 4. The maximum absolute atomic E-state index is 11.4. The molecule has 0 aliphatic rings. The summed E-state index contributed by atoms with van der Waals surface area (Å²) < 4.78 is 1.80. The van der Waals surface area contributed by atoms with Crippen LogP contribution in [0.15, 0.2) is 29.9 Å². The molecule has 0 aliphatic carbocycles. The lowest BCUT2D eigenvalue weighted by atomic mass is 10.3. The average Bonchev–Trinajstić information content (AvgIpc) is 3.02. The van der Waals surface area contributed by atoms with E-state index < -0.39 is 0 Å². The number of carbonyl (C=O) groups excluding carboxylic acids is 1. The van der Waals surface area contributed by atoms with Crippen LogP contribution in [0.25, 0.3) is 5.65 Å². The summed E-state index contributed by atoms with van der Waals surface area (Å²) in [6.45, 7) is 2.69. The van der Waals surface area contributed by atoms with E-state index in [4.69, 9.17) is 0 Å². The zero-order valence-corrected chi connectivity index (χ0v) is 12.1. The van der Waals surface area contributed by atoms with Gasteiger partial charge in [0, 0.05) is 18.1 Å². The van der Waals surface area contributed by atoms with Gasteiger partial charge in [0.15, 0.2) is 12.1 Å². The molecule has 6 heteroatoms. The maximum Gasteiger partial charge on any atom is 0.170 e. The first-order valence-electron chi connectivity index (χ1n) is 6.23. The highest BCUT2D eigenvalue weighted by atomic mass is 32.1. The highest BCUT2D eigenvalue weighted by Crippen LogP contribution is 2.23. The predicted molar refractivity (Wildman–Crippen MR) is 79.5 cm³/mol. The van der Waals surface area contributed by atoms with E-state index in [1.807, 2.05) is 48.8 Å². The van der Waals surface area contributed by atoms with Gasteiger partial charge in [-0.15, -0.1) is 11.3 Å². The van der Waals surface area contributed by atoms with Gasteiger partial charge in [-0.25, -0.2) is 9.97 Å². The number of aromatic nitrogens is 3. The fraction of sp³-hybridized carbons (Fsp3) is 0.214. The van der Waals surface area contributed by atoms with Gasteiger partial charge in [-0.1, -0.05) is 6.07 Å². The molecule has 20 heavy (non-hydrogen) atoms. The summed E-state index contributed by atoms with van der Waals surface area (Å²) in [4.78, 5) is 23.3. The van der Waals surface area contributed by atoms with Crippen molar-refractivity contribution in [2.24, 2.45) is 0 Å². The molecule has 5 nitrogen and oxygen atoms in total. The van der Waals surface area contributed by atoms with Gasteiger partial charge in [-0.2, -0.15) is 0 Å². The number of imidazole rings is 1. The maximum atomic E-state index is 11.4. The zero-order chi connectivity index (χ0) is 14.1. The summed E-state index contributed by atoms with van der Waals surface area (Å²) in [5.41, 5.74) is 4.21. The van der Waals surface area contributed by atoms with Crippen LogP contribution in [0.5, 0.6) is 0 Å². The Balaban J connectivity index is 2.01. The third-order valence-corrected chi connectivity index (χ3v) is 4.17. The molecule has 0 N–H and O–H groups in total. The number of pyridine rings is 1.